The number of sulfonamides is 1. The molecule has 0 fully saturated rings. The van der Waals surface area contributed by atoms with Gasteiger partial charge in [0.15, 0.2) is 0 Å². The fourth-order valence-corrected chi connectivity index (χ4v) is 3.93. The van der Waals surface area contributed by atoms with Gasteiger partial charge in [0.2, 0.25) is 15.9 Å². The molecule has 7 nitrogen and oxygen atoms in total. The Morgan fingerprint density at radius 3 is 2.71 bits per heavy atom. The van der Waals surface area contributed by atoms with E-state index in [1.807, 2.05) is 17.5 Å². The van der Waals surface area contributed by atoms with Gasteiger partial charge >= 0.3 is 0 Å². The van der Waals surface area contributed by atoms with Crippen LogP contribution < -0.4 is 0 Å². The maximum Gasteiger partial charge on any atom is 0.257 e. The molecule has 0 aliphatic rings. The Balaban J connectivity index is 1.65. The number of hydrogen-bond acceptors (Lipinski definition) is 8. The van der Waals surface area contributed by atoms with E-state index in [1.165, 1.54) is 49.5 Å². The first-order valence-corrected chi connectivity index (χ1v) is 10.1. The minimum absolute atomic E-state index is 0.162. The summed E-state index contributed by atoms with van der Waals surface area (Å²) in [5.41, 5.74) is 0. The second-order valence-electron chi connectivity index (χ2n) is 4.89. The van der Waals surface area contributed by atoms with Gasteiger partial charge in [-0.15, -0.1) is 21.5 Å². The van der Waals surface area contributed by atoms with E-state index in [0.717, 1.165) is 9.18 Å². The first-order valence-electron chi connectivity index (χ1n) is 6.84. The molecule has 3 rings (SSSR count). The predicted molar refractivity (Wildman–Crippen MR) is 92.3 cm³/mol. The first-order chi connectivity index (χ1) is 11.5. The Hall–Kier alpha value is -1.75. The normalized spacial score (nSPS) is 12.0. The van der Waals surface area contributed by atoms with Gasteiger partial charge in [-0.25, -0.2) is 17.7 Å². The summed E-state index contributed by atoms with van der Waals surface area (Å²) in [6.07, 6.45) is 1.35. The van der Waals surface area contributed by atoms with Crippen molar-refractivity contribution in [2.45, 2.75) is 15.7 Å². The highest BCUT2D eigenvalue weighted by molar-refractivity contribution is 7.98. The summed E-state index contributed by atoms with van der Waals surface area (Å²) in [7, 11) is -0.491. The van der Waals surface area contributed by atoms with E-state index < -0.39 is 10.0 Å². The molecule has 0 aliphatic heterocycles. The molecule has 0 atom stereocenters. The number of aromatic nitrogens is 3. The zero-order valence-electron chi connectivity index (χ0n) is 12.9. The molecule has 0 aromatic carbocycles. The molecule has 0 saturated heterocycles. The molecule has 0 radical (unpaired) electrons. The number of thiophene rings is 1. The van der Waals surface area contributed by atoms with Crippen molar-refractivity contribution < 1.29 is 12.8 Å². The third kappa shape index (κ3) is 3.66. The molecule has 126 valence electrons. The molecule has 3 heterocycles. The monoisotopic (exact) mass is 382 g/mol. The van der Waals surface area contributed by atoms with Gasteiger partial charge in [-0.1, -0.05) is 17.8 Å². The molecule has 0 spiro atoms. The summed E-state index contributed by atoms with van der Waals surface area (Å²) >= 11 is 2.93. The largest absolute Gasteiger partial charge is 0.419 e. The van der Waals surface area contributed by atoms with Crippen molar-refractivity contribution in [3.63, 3.8) is 0 Å². The molecule has 0 aliphatic carbocycles. The highest BCUT2D eigenvalue weighted by Crippen LogP contribution is 2.26. The van der Waals surface area contributed by atoms with E-state index in [0.29, 0.717) is 22.6 Å². The van der Waals surface area contributed by atoms with Crippen LogP contribution in [0.15, 0.2) is 50.2 Å². The van der Waals surface area contributed by atoms with Crippen molar-refractivity contribution in [3.05, 3.63) is 41.7 Å². The lowest BCUT2D eigenvalue weighted by atomic mass is 10.5. The quantitative estimate of drug-likeness (QED) is 0.606. The van der Waals surface area contributed by atoms with Crippen LogP contribution in [0.5, 0.6) is 0 Å². The molecule has 0 saturated carbocycles. The van der Waals surface area contributed by atoms with Crippen LogP contribution in [0.1, 0.15) is 5.89 Å². The lowest BCUT2D eigenvalue weighted by Crippen LogP contribution is -2.22. The SMILES string of the molecule is CN(C)S(=O)(=O)c1ccc(SCc2nnc(-c3cccs3)o2)nc1. The summed E-state index contributed by atoms with van der Waals surface area (Å²) in [5, 5.41) is 10.6. The summed E-state index contributed by atoms with van der Waals surface area (Å²) in [6.45, 7) is 0. The average molecular weight is 382 g/mol. The van der Waals surface area contributed by atoms with Gasteiger partial charge in [0.05, 0.1) is 15.7 Å². The Kier molecular flexibility index (Phi) is 4.99. The van der Waals surface area contributed by atoms with Crippen molar-refractivity contribution >= 4 is 33.1 Å². The summed E-state index contributed by atoms with van der Waals surface area (Å²) in [6, 6.07) is 7.04. The van der Waals surface area contributed by atoms with Crippen LogP contribution in [0.25, 0.3) is 10.8 Å². The van der Waals surface area contributed by atoms with Gasteiger partial charge in [0.25, 0.3) is 5.89 Å². The van der Waals surface area contributed by atoms with E-state index >= 15 is 0 Å². The summed E-state index contributed by atoms with van der Waals surface area (Å²) in [4.78, 5) is 5.26. The van der Waals surface area contributed by atoms with Crippen molar-refractivity contribution in [1.29, 1.82) is 0 Å². The van der Waals surface area contributed by atoms with Crippen LogP contribution in [0, 0.1) is 0 Å². The Bertz CT molecular complexity index is 903. The van der Waals surface area contributed by atoms with Crippen LogP contribution in [0.4, 0.5) is 0 Å². The Morgan fingerprint density at radius 1 is 1.25 bits per heavy atom. The third-order valence-electron chi connectivity index (χ3n) is 3.03. The average Bonchev–Trinajstić information content (AvgIpc) is 3.24. The minimum Gasteiger partial charge on any atom is -0.419 e. The number of pyridine rings is 1. The van der Waals surface area contributed by atoms with Crippen molar-refractivity contribution in [2.75, 3.05) is 14.1 Å². The van der Waals surface area contributed by atoms with Crippen LogP contribution in [0.3, 0.4) is 0 Å². The predicted octanol–water partition coefficient (Wildman–Crippen LogP) is 2.74. The van der Waals surface area contributed by atoms with Gasteiger partial charge in [-0.2, -0.15) is 0 Å². The molecular formula is C14H14N4O3S3. The topological polar surface area (TPSA) is 89.2 Å². The van der Waals surface area contributed by atoms with E-state index in [-0.39, 0.29) is 4.90 Å². The number of hydrogen-bond donors (Lipinski definition) is 0. The minimum atomic E-state index is -3.46. The van der Waals surface area contributed by atoms with E-state index in [9.17, 15) is 8.42 Å². The molecule has 10 heteroatoms. The molecule has 0 N–H and O–H groups in total. The Labute approximate surface area is 147 Å². The second-order valence-corrected chi connectivity index (χ2v) is 8.98. The molecule has 3 aromatic rings. The molecular weight excluding hydrogens is 368 g/mol. The number of thioether (sulfide) groups is 1. The number of rotatable bonds is 6. The molecule has 0 bridgehead atoms. The zero-order valence-corrected chi connectivity index (χ0v) is 15.4. The standard InChI is InChI=1S/C14H14N4O3S3/c1-18(2)24(19,20)10-5-6-13(15-8-10)23-9-12-16-17-14(21-12)11-4-3-7-22-11/h3-8H,9H2,1-2H3. The van der Waals surface area contributed by atoms with E-state index in [2.05, 4.69) is 15.2 Å². The van der Waals surface area contributed by atoms with E-state index in [4.69, 9.17) is 4.42 Å². The molecule has 24 heavy (non-hydrogen) atoms. The maximum atomic E-state index is 12.0. The van der Waals surface area contributed by atoms with Crippen molar-refractivity contribution in [1.82, 2.24) is 19.5 Å². The Morgan fingerprint density at radius 2 is 2.08 bits per heavy atom. The summed E-state index contributed by atoms with van der Waals surface area (Å²) in [5.74, 6) is 1.46. The zero-order chi connectivity index (χ0) is 17.2. The lowest BCUT2D eigenvalue weighted by Gasteiger charge is -2.10. The fraction of sp³-hybridized carbons (Fsp3) is 0.214. The van der Waals surface area contributed by atoms with Crippen LogP contribution in [0.2, 0.25) is 0 Å². The third-order valence-corrected chi connectivity index (χ3v) is 6.62. The van der Waals surface area contributed by atoms with Crippen molar-refractivity contribution in [3.8, 4) is 10.8 Å². The second kappa shape index (κ2) is 7.01. The first kappa shape index (κ1) is 17.1. The van der Waals surface area contributed by atoms with Crippen molar-refractivity contribution in [2.24, 2.45) is 0 Å². The van der Waals surface area contributed by atoms with Gasteiger partial charge in [-0.3, -0.25) is 0 Å². The van der Waals surface area contributed by atoms with Crippen LogP contribution in [-0.2, 0) is 15.8 Å². The highest BCUT2D eigenvalue weighted by atomic mass is 32.2. The summed E-state index contributed by atoms with van der Waals surface area (Å²) < 4.78 is 30.7. The van der Waals surface area contributed by atoms with Crippen LogP contribution >= 0.6 is 23.1 Å². The maximum absolute atomic E-state index is 12.0. The van der Waals surface area contributed by atoms with Gasteiger partial charge in [0, 0.05) is 20.3 Å². The highest BCUT2D eigenvalue weighted by Gasteiger charge is 2.17. The van der Waals surface area contributed by atoms with E-state index in [1.54, 1.807) is 6.07 Å². The molecule has 0 amide bonds. The van der Waals surface area contributed by atoms with Gasteiger partial charge < -0.3 is 4.42 Å². The van der Waals surface area contributed by atoms with Gasteiger partial charge in [0.1, 0.15) is 4.90 Å². The molecule has 3 aromatic heterocycles. The smallest absolute Gasteiger partial charge is 0.257 e. The fourth-order valence-electron chi connectivity index (χ4n) is 1.76. The lowest BCUT2D eigenvalue weighted by molar-refractivity contribution is 0.520. The molecule has 0 unspecified atom stereocenters. The van der Waals surface area contributed by atoms with Gasteiger partial charge in [-0.05, 0) is 23.6 Å². The van der Waals surface area contributed by atoms with Crippen LogP contribution in [-0.4, -0.2) is 42.0 Å². The number of nitrogens with zero attached hydrogens (tertiary/aromatic N) is 4.